The van der Waals surface area contributed by atoms with Crippen LogP contribution in [0.3, 0.4) is 0 Å². The fraction of sp³-hybridized carbons (Fsp3) is 0.389. The van der Waals surface area contributed by atoms with Gasteiger partial charge in [0.15, 0.2) is 0 Å². The second kappa shape index (κ2) is 11.4. The zero-order valence-electron chi connectivity index (χ0n) is 15.9. The topological polar surface area (TPSA) is 222 Å². The Labute approximate surface area is 171 Å². The van der Waals surface area contributed by atoms with Gasteiger partial charge in [-0.3, -0.25) is 19.2 Å². The van der Waals surface area contributed by atoms with Crippen molar-refractivity contribution in [3.8, 4) is 5.75 Å². The molecule has 1 rings (SSSR count). The number of aromatic hydroxyl groups is 1. The molecule has 0 bridgehead atoms. The molecule has 0 saturated carbocycles. The number of carbonyl (C=O) groups excluding carboxylic acids is 3. The molecule has 0 spiro atoms. The molecule has 0 saturated heterocycles. The molecule has 164 valence electrons. The lowest BCUT2D eigenvalue weighted by molar-refractivity contribution is -0.144. The van der Waals surface area contributed by atoms with Crippen molar-refractivity contribution in [1.82, 2.24) is 10.6 Å². The minimum atomic E-state index is -1.63. The summed E-state index contributed by atoms with van der Waals surface area (Å²) in [6.45, 7) is 0. The highest BCUT2D eigenvalue weighted by Gasteiger charge is 2.29. The van der Waals surface area contributed by atoms with Crippen LogP contribution in [-0.2, 0) is 30.4 Å². The average molecular weight is 424 g/mol. The van der Waals surface area contributed by atoms with Gasteiger partial charge in [0.2, 0.25) is 17.7 Å². The lowest BCUT2D eigenvalue weighted by Gasteiger charge is -2.22. The van der Waals surface area contributed by atoms with E-state index in [0.29, 0.717) is 5.56 Å². The number of hydrogen-bond acceptors (Lipinski definition) is 7. The number of nitrogens with one attached hydrogen (secondary N) is 2. The summed E-state index contributed by atoms with van der Waals surface area (Å²) in [5, 5.41) is 31.6. The first kappa shape index (κ1) is 24.4. The van der Waals surface area contributed by atoms with Gasteiger partial charge in [-0.2, -0.15) is 0 Å². The first-order valence-electron chi connectivity index (χ1n) is 8.86. The quantitative estimate of drug-likeness (QED) is 0.198. The van der Waals surface area contributed by atoms with Crippen molar-refractivity contribution in [3.63, 3.8) is 0 Å². The molecule has 3 amide bonds. The molecule has 9 N–H and O–H groups in total. The minimum absolute atomic E-state index is 0.0334. The SMILES string of the molecule is NC(=O)CC(NC(=O)C(CCC(=O)O)NC(=O)C(N)Cc1ccc(O)cc1)C(=O)O. The molecule has 0 heterocycles. The number of hydrogen-bond donors (Lipinski definition) is 7. The van der Waals surface area contributed by atoms with E-state index in [2.05, 4.69) is 10.6 Å². The molecule has 1 aromatic carbocycles. The van der Waals surface area contributed by atoms with Crippen molar-refractivity contribution >= 4 is 29.7 Å². The van der Waals surface area contributed by atoms with E-state index in [4.69, 9.17) is 21.7 Å². The number of primary amides is 1. The molecular weight excluding hydrogens is 400 g/mol. The van der Waals surface area contributed by atoms with Gasteiger partial charge in [-0.1, -0.05) is 12.1 Å². The van der Waals surface area contributed by atoms with Crippen molar-refractivity contribution in [2.24, 2.45) is 11.5 Å². The number of phenolic OH excluding ortho intramolecular Hbond substituents is 1. The molecule has 12 heteroatoms. The third-order valence-corrected chi connectivity index (χ3v) is 4.03. The van der Waals surface area contributed by atoms with E-state index in [0.717, 1.165) is 0 Å². The lowest BCUT2D eigenvalue weighted by Crippen LogP contribution is -2.55. The highest BCUT2D eigenvalue weighted by molar-refractivity contribution is 5.93. The molecule has 3 atom stereocenters. The predicted octanol–water partition coefficient (Wildman–Crippen LogP) is -1.94. The first-order chi connectivity index (χ1) is 14.0. The molecular formula is C18H24N4O8. The summed E-state index contributed by atoms with van der Waals surface area (Å²) in [5.41, 5.74) is 11.4. The van der Waals surface area contributed by atoms with Gasteiger partial charge in [-0.05, 0) is 30.5 Å². The van der Waals surface area contributed by atoms with Crippen LogP contribution in [0.1, 0.15) is 24.8 Å². The maximum absolute atomic E-state index is 12.4. The number of carboxylic acids is 2. The maximum Gasteiger partial charge on any atom is 0.326 e. The van der Waals surface area contributed by atoms with Gasteiger partial charge in [0.25, 0.3) is 0 Å². The molecule has 0 aliphatic carbocycles. The van der Waals surface area contributed by atoms with Crippen molar-refractivity contribution in [3.05, 3.63) is 29.8 Å². The Morgan fingerprint density at radius 2 is 1.50 bits per heavy atom. The van der Waals surface area contributed by atoms with E-state index in [9.17, 15) is 29.1 Å². The second-order valence-electron chi connectivity index (χ2n) is 6.54. The Morgan fingerprint density at radius 3 is 2.00 bits per heavy atom. The van der Waals surface area contributed by atoms with Crippen LogP contribution >= 0.6 is 0 Å². The number of carboxylic acid groups (broad SMARTS) is 2. The Hall–Kier alpha value is -3.67. The van der Waals surface area contributed by atoms with Crippen LogP contribution in [0, 0.1) is 0 Å². The van der Waals surface area contributed by atoms with Crippen LogP contribution in [0.2, 0.25) is 0 Å². The lowest BCUT2D eigenvalue weighted by atomic mass is 10.0. The van der Waals surface area contributed by atoms with E-state index in [1.54, 1.807) is 12.1 Å². The zero-order valence-corrected chi connectivity index (χ0v) is 15.9. The third kappa shape index (κ3) is 8.56. The number of carbonyl (C=O) groups is 5. The highest BCUT2D eigenvalue weighted by atomic mass is 16.4. The van der Waals surface area contributed by atoms with Gasteiger partial charge in [0.05, 0.1) is 12.5 Å². The van der Waals surface area contributed by atoms with Crippen LogP contribution < -0.4 is 22.1 Å². The summed E-state index contributed by atoms with van der Waals surface area (Å²) < 4.78 is 0. The number of amides is 3. The molecule has 0 fully saturated rings. The summed E-state index contributed by atoms with van der Waals surface area (Å²) >= 11 is 0. The fourth-order valence-corrected chi connectivity index (χ4v) is 2.47. The Balaban J connectivity index is 2.84. The molecule has 0 aliphatic heterocycles. The van der Waals surface area contributed by atoms with E-state index in [1.165, 1.54) is 12.1 Å². The average Bonchev–Trinajstić information content (AvgIpc) is 2.65. The third-order valence-electron chi connectivity index (χ3n) is 4.03. The molecule has 3 unspecified atom stereocenters. The molecule has 1 aromatic rings. The monoisotopic (exact) mass is 424 g/mol. The van der Waals surface area contributed by atoms with Gasteiger partial charge >= 0.3 is 11.9 Å². The van der Waals surface area contributed by atoms with Crippen LogP contribution in [-0.4, -0.2) is 63.1 Å². The van der Waals surface area contributed by atoms with Crippen LogP contribution in [0.25, 0.3) is 0 Å². The number of rotatable bonds is 12. The van der Waals surface area contributed by atoms with Crippen molar-refractivity contribution in [2.75, 3.05) is 0 Å². The number of nitrogens with two attached hydrogens (primary N) is 2. The van der Waals surface area contributed by atoms with Gasteiger partial charge < -0.3 is 37.4 Å². The molecule has 0 radical (unpaired) electrons. The second-order valence-corrected chi connectivity index (χ2v) is 6.54. The smallest absolute Gasteiger partial charge is 0.326 e. The van der Waals surface area contributed by atoms with Gasteiger partial charge in [-0.25, -0.2) is 4.79 Å². The van der Waals surface area contributed by atoms with Gasteiger partial charge in [0, 0.05) is 6.42 Å². The van der Waals surface area contributed by atoms with E-state index < -0.39 is 60.6 Å². The van der Waals surface area contributed by atoms with Crippen LogP contribution in [0.4, 0.5) is 0 Å². The fourth-order valence-electron chi connectivity index (χ4n) is 2.47. The largest absolute Gasteiger partial charge is 0.508 e. The summed E-state index contributed by atoms with van der Waals surface area (Å²) in [5.74, 6) is -5.45. The predicted molar refractivity (Wildman–Crippen MR) is 102 cm³/mol. The number of phenols is 1. The molecule has 30 heavy (non-hydrogen) atoms. The Morgan fingerprint density at radius 1 is 0.933 bits per heavy atom. The molecule has 0 aromatic heterocycles. The summed E-state index contributed by atoms with van der Waals surface area (Å²) in [6, 6.07) is 1.80. The van der Waals surface area contributed by atoms with Gasteiger partial charge in [0.1, 0.15) is 17.8 Å². The summed E-state index contributed by atoms with van der Waals surface area (Å²) in [6.07, 6.45) is -1.43. The number of benzene rings is 1. The van der Waals surface area contributed by atoms with Gasteiger partial charge in [-0.15, -0.1) is 0 Å². The Bertz CT molecular complexity index is 796. The van der Waals surface area contributed by atoms with Crippen molar-refractivity contribution in [1.29, 1.82) is 0 Å². The number of aliphatic carboxylic acids is 2. The molecule has 0 aliphatic rings. The van der Waals surface area contributed by atoms with Crippen molar-refractivity contribution in [2.45, 2.75) is 43.8 Å². The van der Waals surface area contributed by atoms with Crippen LogP contribution in [0.15, 0.2) is 24.3 Å². The summed E-state index contributed by atoms with van der Waals surface area (Å²) in [7, 11) is 0. The maximum atomic E-state index is 12.4. The van der Waals surface area contributed by atoms with E-state index >= 15 is 0 Å². The van der Waals surface area contributed by atoms with E-state index in [1.807, 2.05) is 0 Å². The summed E-state index contributed by atoms with van der Waals surface area (Å²) in [4.78, 5) is 57.8. The Kier molecular flexibility index (Phi) is 9.23. The van der Waals surface area contributed by atoms with Crippen molar-refractivity contribution < 1.29 is 39.3 Å². The first-order valence-corrected chi connectivity index (χ1v) is 8.86. The van der Waals surface area contributed by atoms with E-state index in [-0.39, 0.29) is 18.6 Å². The highest BCUT2D eigenvalue weighted by Crippen LogP contribution is 2.11. The molecule has 12 nitrogen and oxygen atoms in total. The van der Waals surface area contributed by atoms with Crippen LogP contribution in [0.5, 0.6) is 5.75 Å². The zero-order chi connectivity index (χ0) is 22.8. The normalized spacial score (nSPS) is 13.5. The standard InChI is InChI=1S/C18H24N4O8/c19-11(7-9-1-3-10(23)4-2-9)16(27)21-12(5-6-15(25)26)17(28)22-13(18(29)30)8-14(20)24/h1-4,11-13,23H,5-8,19H2,(H2,20,24)(H,21,27)(H,22,28)(H,25,26)(H,29,30). The minimum Gasteiger partial charge on any atom is -0.508 e.